The van der Waals surface area contributed by atoms with Gasteiger partial charge in [0.05, 0.1) is 5.60 Å². The Morgan fingerprint density at radius 1 is 1.32 bits per heavy atom. The van der Waals surface area contributed by atoms with Crippen LogP contribution in [-0.4, -0.2) is 18.0 Å². The van der Waals surface area contributed by atoms with Crippen LogP contribution in [0.1, 0.15) is 49.4 Å². The van der Waals surface area contributed by atoms with Crippen LogP contribution < -0.4 is 0 Å². The largest absolute Gasteiger partial charge is 0.375 e. The van der Waals surface area contributed by atoms with Gasteiger partial charge in [0.25, 0.3) is 0 Å². The molecular formula is C17H22O2. The van der Waals surface area contributed by atoms with Gasteiger partial charge in [0.1, 0.15) is 0 Å². The summed E-state index contributed by atoms with van der Waals surface area (Å²) in [7, 11) is 0. The number of carbonyl (C=O) groups is 1. The molecule has 2 fully saturated rings. The lowest BCUT2D eigenvalue weighted by molar-refractivity contribution is -0.147. The molecule has 2 aliphatic rings. The number of rotatable bonds is 3. The fourth-order valence-corrected chi connectivity index (χ4v) is 3.49. The Morgan fingerprint density at radius 3 is 2.68 bits per heavy atom. The highest BCUT2D eigenvalue weighted by atomic mass is 16.5. The predicted molar refractivity (Wildman–Crippen MR) is 75.2 cm³/mol. The molecule has 3 rings (SSSR count). The number of Topliss-reactive ketones (excluding diaryl/α,β-unsaturated/α-hetero) is 1. The first-order valence-corrected chi connectivity index (χ1v) is 7.43. The van der Waals surface area contributed by atoms with Crippen LogP contribution in [-0.2, 0) is 4.74 Å². The Bertz CT molecular complexity index is 448. The van der Waals surface area contributed by atoms with Crippen LogP contribution in [0.4, 0.5) is 0 Å². The van der Waals surface area contributed by atoms with Crippen LogP contribution >= 0.6 is 0 Å². The van der Waals surface area contributed by atoms with Crippen LogP contribution in [0.5, 0.6) is 0 Å². The Hall–Kier alpha value is -1.15. The first-order chi connectivity index (χ1) is 9.20. The lowest BCUT2D eigenvalue weighted by Gasteiger charge is -2.48. The topological polar surface area (TPSA) is 26.3 Å². The third-order valence-electron chi connectivity index (χ3n) is 4.97. The quantitative estimate of drug-likeness (QED) is 0.770. The van der Waals surface area contributed by atoms with Crippen LogP contribution in [0, 0.1) is 11.8 Å². The van der Waals surface area contributed by atoms with E-state index in [-0.39, 0.29) is 11.5 Å². The molecule has 0 aromatic heterocycles. The van der Waals surface area contributed by atoms with Crippen LogP contribution in [0.2, 0.25) is 0 Å². The number of ether oxygens (including phenoxy) is 1. The van der Waals surface area contributed by atoms with E-state index in [0.717, 1.165) is 25.0 Å². The molecule has 1 saturated heterocycles. The molecule has 1 heterocycles. The van der Waals surface area contributed by atoms with Crippen molar-refractivity contribution in [1.29, 1.82) is 0 Å². The molecule has 2 nitrogen and oxygen atoms in total. The van der Waals surface area contributed by atoms with Gasteiger partial charge in [-0.25, -0.2) is 0 Å². The smallest absolute Gasteiger partial charge is 0.165 e. The first-order valence-electron chi connectivity index (χ1n) is 7.43. The summed E-state index contributed by atoms with van der Waals surface area (Å²) in [4.78, 5) is 12.5. The summed E-state index contributed by atoms with van der Waals surface area (Å²) >= 11 is 0. The van der Waals surface area contributed by atoms with Crippen LogP contribution in [0.15, 0.2) is 30.3 Å². The van der Waals surface area contributed by atoms with Crippen molar-refractivity contribution in [2.45, 2.75) is 44.6 Å². The van der Waals surface area contributed by atoms with Gasteiger partial charge < -0.3 is 4.74 Å². The Balaban J connectivity index is 1.69. The average Bonchev–Trinajstić information content (AvgIpc) is 2.45. The molecule has 0 amide bonds. The summed E-state index contributed by atoms with van der Waals surface area (Å²) in [5, 5.41) is 0. The van der Waals surface area contributed by atoms with E-state index in [1.165, 1.54) is 19.3 Å². The van der Waals surface area contributed by atoms with Crippen molar-refractivity contribution in [2.24, 2.45) is 11.8 Å². The lowest BCUT2D eigenvalue weighted by Crippen LogP contribution is -2.47. The maximum absolute atomic E-state index is 12.5. The number of carbonyl (C=O) groups excluding carboxylic acids is 1. The predicted octanol–water partition coefficient (Wildman–Crippen LogP) is 3.85. The third-order valence-corrected chi connectivity index (χ3v) is 4.97. The molecule has 1 aromatic carbocycles. The van der Waals surface area contributed by atoms with Gasteiger partial charge in [0, 0.05) is 18.1 Å². The van der Waals surface area contributed by atoms with Crippen molar-refractivity contribution in [3.05, 3.63) is 35.9 Å². The van der Waals surface area contributed by atoms with E-state index in [4.69, 9.17) is 4.74 Å². The molecule has 2 atom stereocenters. The number of hydrogen-bond donors (Lipinski definition) is 0. The molecule has 1 spiro atoms. The maximum Gasteiger partial charge on any atom is 0.165 e. The van der Waals surface area contributed by atoms with Crippen molar-refractivity contribution >= 4 is 5.78 Å². The van der Waals surface area contributed by atoms with E-state index in [0.29, 0.717) is 11.7 Å². The zero-order valence-corrected chi connectivity index (χ0v) is 11.6. The Morgan fingerprint density at radius 2 is 2.05 bits per heavy atom. The molecule has 0 bridgehead atoms. The zero-order chi connectivity index (χ0) is 13.3. The van der Waals surface area contributed by atoms with Crippen LogP contribution in [0.25, 0.3) is 0 Å². The minimum absolute atomic E-state index is 0.115. The SMILES string of the molecule is CC(C(=O)c1ccccc1)C1CCOC2(CCC2)C1. The van der Waals surface area contributed by atoms with Crippen molar-refractivity contribution in [3.63, 3.8) is 0 Å². The van der Waals surface area contributed by atoms with Crippen molar-refractivity contribution in [2.75, 3.05) is 6.61 Å². The van der Waals surface area contributed by atoms with Gasteiger partial charge in [0.2, 0.25) is 0 Å². The fraction of sp³-hybridized carbons (Fsp3) is 0.588. The fourth-order valence-electron chi connectivity index (χ4n) is 3.49. The van der Waals surface area contributed by atoms with Gasteiger partial charge in [-0.3, -0.25) is 4.79 Å². The summed E-state index contributed by atoms with van der Waals surface area (Å²) in [6, 6.07) is 9.70. The minimum Gasteiger partial charge on any atom is -0.375 e. The molecule has 0 radical (unpaired) electrons. The van der Waals surface area contributed by atoms with Gasteiger partial charge in [-0.05, 0) is 38.0 Å². The Labute approximate surface area is 115 Å². The van der Waals surface area contributed by atoms with Crippen molar-refractivity contribution in [3.8, 4) is 0 Å². The molecule has 1 aliphatic carbocycles. The third kappa shape index (κ3) is 2.46. The molecule has 1 saturated carbocycles. The normalized spacial score (nSPS) is 26.7. The molecule has 19 heavy (non-hydrogen) atoms. The molecule has 1 aromatic rings. The standard InChI is InChI=1S/C17H22O2/c1-13(16(18)14-6-3-2-4-7-14)15-8-11-19-17(12-15)9-5-10-17/h2-4,6-7,13,15H,5,8-12H2,1H3. The first kappa shape index (κ1) is 12.9. The molecule has 2 heteroatoms. The average molecular weight is 258 g/mol. The summed E-state index contributed by atoms with van der Waals surface area (Å²) in [6.45, 7) is 2.93. The zero-order valence-electron chi connectivity index (χ0n) is 11.6. The monoisotopic (exact) mass is 258 g/mol. The van der Waals surface area contributed by atoms with Crippen molar-refractivity contribution in [1.82, 2.24) is 0 Å². The van der Waals surface area contributed by atoms with E-state index < -0.39 is 0 Å². The highest BCUT2D eigenvalue weighted by Gasteiger charge is 2.44. The summed E-state index contributed by atoms with van der Waals surface area (Å²) in [6.07, 6.45) is 5.77. The maximum atomic E-state index is 12.5. The highest BCUT2D eigenvalue weighted by molar-refractivity contribution is 5.97. The molecule has 1 aliphatic heterocycles. The Kier molecular flexibility index (Phi) is 3.44. The van der Waals surface area contributed by atoms with Gasteiger partial charge >= 0.3 is 0 Å². The highest BCUT2D eigenvalue weighted by Crippen LogP contribution is 2.46. The van der Waals surface area contributed by atoms with Gasteiger partial charge in [-0.1, -0.05) is 37.3 Å². The van der Waals surface area contributed by atoms with E-state index in [2.05, 4.69) is 6.92 Å². The summed E-state index contributed by atoms with van der Waals surface area (Å²) in [5.74, 6) is 0.896. The second-order valence-electron chi connectivity index (χ2n) is 6.16. The lowest BCUT2D eigenvalue weighted by atomic mass is 9.68. The minimum atomic E-state index is 0.115. The second-order valence-corrected chi connectivity index (χ2v) is 6.16. The number of hydrogen-bond acceptors (Lipinski definition) is 2. The molecule has 2 unspecified atom stereocenters. The molecule has 102 valence electrons. The summed E-state index contributed by atoms with van der Waals surface area (Å²) in [5.41, 5.74) is 0.984. The van der Waals surface area contributed by atoms with E-state index >= 15 is 0 Å². The van der Waals surface area contributed by atoms with E-state index in [9.17, 15) is 4.79 Å². The van der Waals surface area contributed by atoms with Crippen LogP contribution in [0.3, 0.4) is 0 Å². The van der Waals surface area contributed by atoms with Gasteiger partial charge in [0.15, 0.2) is 5.78 Å². The second kappa shape index (κ2) is 5.09. The van der Waals surface area contributed by atoms with Crippen molar-refractivity contribution < 1.29 is 9.53 Å². The summed E-state index contributed by atoms with van der Waals surface area (Å²) < 4.78 is 5.96. The molecular weight excluding hydrogens is 236 g/mol. The number of ketones is 1. The number of benzene rings is 1. The van der Waals surface area contributed by atoms with E-state index in [1.807, 2.05) is 30.3 Å². The van der Waals surface area contributed by atoms with E-state index in [1.54, 1.807) is 0 Å². The molecule has 0 N–H and O–H groups in total. The van der Waals surface area contributed by atoms with Gasteiger partial charge in [-0.2, -0.15) is 0 Å². The van der Waals surface area contributed by atoms with Gasteiger partial charge in [-0.15, -0.1) is 0 Å².